The lowest BCUT2D eigenvalue weighted by Crippen LogP contribution is -2.42. The van der Waals surface area contributed by atoms with Gasteiger partial charge in [-0.05, 0) is 62.3 Å². The fraction of sp³-hybridized carbons (Fsp3) is 0.417. The van der Waals surface area contributed by atoms with E-state index in [9.17, 15) is 18.0 Å². The summed E-state index contributed by atoms with van der Waals surface area (Å²) in [5.74, 6) is -1.07. The van der Waals surface area contributed by atoms with E-state index in [1.165, 1.54) is 9.87 Å². The number of nitrogens with one attached hydrogen (secondary N) is 1. The van der Waals surface area contributed by atoms with Gasteiger partial charge >= 0.3 is 5.97 Å². The Labute approximate surface area is 188 Å². The van der Waals surface area contributed by atoms with E-state index in [0.29, 0.717) is 12.8 Å². The van der Waals surface area contributed by atoms with Crippen LogP contribution in [0.1, 0.15) is 48.4 Å². The maximum absolute atomic E-state index is 13.0. The molecule has 1 amide bonds. The number of fused-ring (bicyclic) bond motifs is 1. The van der Waals surface area contributed by atoms with Crippen LogP contribution in [-0.2, 0) is 30.8 Å². The largest absolute Gasteiger partial charge is 0.454 e. The molecule has 2 aromatic carbocycles. The average molecular weight is 457 g/mol. The van der Waals surface area contributed by atoms with Crippen molar-refractivity contribution in [1.29, 1.82) is 0 Å². The lowest BCUT2D eigenvalue weighted by atomic mass is 9.88. The summed E-state index contributed by atoms with van der Waals surface area (Å²) in [5, 5.41) is 2.95. The first-order valence-corrected chi connectivity index (χ1v) is 12.4. The highest BCUT2D eigenvalue weighted by atomic mass is 32.2. The van der Waals surface area contributed by atoms with Gasteiger partial charge in [0.15, 0.2) is 6.61 Å². The van der Waals surface area contributed by atoms with Gasteiger partial charge in [-0.2, -0.15) is 4.31 Å². The van der Waals surface area contributed by atoms with Crippen molar-refractivity contribution < 1.29 is 22.7 Å². The predicted molar refractivity (Wildman–Crippen MR) is 119 cm³/mol. The first-order chi connectivity index (χ1) is 15.4. The molecule has 7 nitrogen and oxygen atoms in total. The van der Waals surface area contributed by atoms with Crippen LogP contribution in [0.4, 0.5) is 0 Å². The van der Waals surface area contributed by atoms with Crippen LogP contribution in [0.25, 0.3) is 0 Å². The van der Waals surface area contributed by atoms with Crippen LogP contribution in [0.2, 0.25) is 0 Å². The third-order valence-electron chi connectivity index (χ3n) is 6.15. The highest BCUT2D eigenvalue weighted by Gasteiger charge is 2.40. The number of sulfonamides is 1. The van der Waals surface area contributed by atoms with E-state index in [1.807, 2.05) is 25.1 Å². The molecule has 2 aromatic rings. The fourth-order valence-electron chi connectivity index (χ4n) is 4.48. The summed E-state index contributed by atoms with van der Waals surface area (Å²) in [6.45, 7) is 1.71. The van der Waals surface area contributed by atoms with Crippen LogP contribution in [0.15, 0.2) is 53.4 Å². The zero-order valence-electron chi connectivity index (χ0n) is 18.1. The molecule has 1 heterocycles. The minimum absolute atomic E-state index is 0.101. The number of nitrogens with zero attached hydrogens (tertiary/aromatic N) is 1. The summed E-state index contributed by atoms with van der Waals surface area (Å²) in [4.78, 5) is 25.3. The normalized spacial score (nSPS) is 21.0. The fourth-order valence-corrected chi connectivity index (χ4v) is 6.13. The summed E-state index contributed by atoms with van der Waals surface area (Å²) in [6.07, 6.45) is 3.75. The number of benzene rings is 2. The van der Waals surface area contributed by atoms with E-state index in [4.69, 9.17) is 4.74 Å². The van der Waals surface area contributed by atoms with Gasteiger partial charge in [0.2, 0.25) is 10.0 Å². The molecule has 0 bridgehead atoms. The maximum atomic E-state index is 13.0. The average Bonchev–Trinajstić information content (AvgIpc) is 3.29. The number of carbonyl (C=O) groups excluding carboxylic acids is 2. The Balaban J connectivity index is 1.36. The van der Waals surface area contributed by atoms with Crippen LogP contribution in [0, 0.1) is 6.92 Å². The van der Waals surface area contributed by atoms with Crippen molar-refractivity contribution in [2.45, 2.75) is 56.0 Å². The molecule has 8 heteroatoms. The molecule has 1 saturated heterocycles. The Bertz CT molecular complexity index is 1100. The summed E-state index contributed by atoms with van der Waals surface area (Å²) in [5.41, 5.74) is 3.28. The number of ether oxygens (including phenoxy) is 1. The standard InChI is InChI=1S/C24H28N2O5S/c1-17-11-13-19(14-12-17)32(29,30)26-15-5-10-22(26)24(28)31-16-23(27)25-21-9-4-7-18-6-2-3-8-20(18)21/h2-3,6,8,11-14,21-22H,4-5,7,9-10,15-16H2,1H3,(H,25,27)/t21?,22-/m0/s1. The Morgan fingerprint density at radius 2 is 1.81 bits per heavy atom. The van der Waals surface area contributed by atoms with Crippen molar-refractivity contribution in [2.75, 3.05) is 13.2 Å². The van der Waals surface area contributed by atoms with Gasteiger partial charge in [0.1, 0.15) is 6.04 Å². The number of carbonyl (C=O) groups is 2. The Hall–Kier alpha value is -2.71. The molecule has 1 N–H and O–H groups in total. The van der Waals surface area contributed by atoms with Gasteiger partial charge in [-0.25, -0.2) is 8.42 Å². The van der Waals surface area contributed by atoms with Gasteiger partial charge in [-0.3, -0.25) is 9.59 Å². The lowest BCUT2D eigenvalue weighted by Gasteiger charge is -2.26. The zero-order chi connectivity index (χ0) is 22.7. The van der Waals surface area contributed by atoms with E-state index in [-0.39, 0.29) is 23.4 Å². The number of hydrogen-bond acceptors (Lipinski definition) is 5. The first kappa shape index (κ1) is 22.5. The number of rotatable bonds is 6. The number of hydrogen-bond donors (Lipinski definition) is 1. The van der Waals surface area contributed by atoms with E-state index < -0.39 is 28.6 Å². The van der Waals surface area contributed by atoms with E-state index in [1.54, 1.807) is 24.3 Å². The summed E-state index contributed by atoms with van der Waals surface area (Å²) in [6, 6.07) is 13.5. The van der Waals surface area contributed by atoms with Crippen LogP contribution in [-0.4, -0.2) is 43.8 Å². The van der Waals surface area contributed by atoms with E-state index in [2.05, 4.69) is 11.4 Å². The van der Waals surface area contributed by atoms with Gasteiger partial charge in [-0.1, -0.05) is 42.0 Å². The minimum Gasteiger partial charge on any atom is -0.454 e. The molecule has 0 aromatic heterocycles. The van der Waals surface area contributed by atoms with Crippen LogP contribution >= 0.6 is 0 Å². The predicted octanol–water partition coefficient (Wildman–Crippen LogP) is 2.89. The highest BCUT2D eigenvalue weighted by Crippen LogP contribution is 2.30. The Kier molecular flexibility index (Phi) is 6.62. The van der Waals surface area contributed by atoms with Crippen molar-refractivity contribution in [2.24, 2.45) is 0 Å². The van der Waals surface area contributed by atoms with Crippen molar-refractivity contribution in [3.63, 3.8) is 0 Å². The Morgan fingerprint density at radius 1 is 1.06 bits per heavy atom. The molecule has 1 aliphatic carbocycles. The van der Waals surface area contributed by atoms with Crippen LogP contribution in [0.5, 0.6) is 0 Å². The third-order valence-corrected chi connectivity index (χ3v) is 8.08. The molecule has 2 aliphatic rings. The topological polar surface area (TPSA) is 92.8 Å². The molecular weight excluding hydrogens is 428 g/mol. The molecule has 2 atom stereocenters. The van der Waals surface area contributed by atoms with Gasteiger partial charge in [-0.15, -0.1) is 0 Å². The quantitative estimate of drug-likeness (QED) is 0.675. The zero-order valence-corrected chi connectivity index (χ0v) is 18.9. The monoisotopic (exact) mass is 456 g/mol. The molecule has 4 rings (SSSR count). The van der Waals surface area contributed by atoms with Gasteiger partial charge in [0, 0.05) is 6.54 Å². The molecular formula is C24H28N2O5S. The maximum Gasteiger partial charge on any atom is 0.324 e. The molecule has 0 spiro atoms. The second kappa shape index (κ2) is 9.42. The molecule has 1 aliphatic heterocycles. The third kappa shape index (κ3) is 4.71. The van der Waals surface area contributed by atoms with E-state index >= 15 is 0 Å². The molecule has 32 heavy (non-hydrogen) atoms. The van der Waals surface area contributed by atoms with Gasteiger partial charge < -0.3 is 10.1 Å². The second-order valence-electron chi connectivity index (χ2n) is 8.41. The summed E-state index contributed by atoms with van der Waals surface area (Å²) < 4.78 is 32.5. The minimum atomic E-state index is -3.81. The van der Waals surface area contributed by atoms with Crippen molar-refractivity contribution in [3.05, 3.63) is 65.2 Å². The smallest absolute Gasteiger partial charge is 0.324 e. The molecule has 170 valence electrons. The number of aryl methyl sites for hydroxylation is 2. The van der Waals surface area contributed by atoms with Gasteiger partial charge in [0.25, 0.3) is 5.91 Å². The van der Waals surface area contributed by atoms with Gasteiger partial charge in [0.05, 0.1) is 10.9 Å². The van der Waals surface area contributed by atoms with Crippen molar-refractivity contribution >= 4 is 21.9 Å². The number of amides is 1. The summed E-state index contributed by atoms with van der Waals surface area (Å²) in [7, 11) is -3.81. The molecule has 0 radical (unpaired) electrons. The lowest BCUT2D eigenvalue weighted by molar-refractivity contribution is -0.151. The van der Waals surface area contributed by atoms with Crippen molar-refractivity contribution in [3.8, 4) is 0 Å². The molecule has 1 fully saturated rings. The first-order valence-electron chi connectivity index (χ1n) is 11.0. The number of esters is 1. The highest BCUT2D eigenvalue weighted by molar-refractivity contribution is 7.89. The van der Waals surface area contributed by atoms with Crippen LogP contribution in [0.3, 0.4) is 0 Å². The van der Waals surface area contributed by atoms with Crippen LogP contribution < -0.4 is 5.32 Å². The SMILES string of the molecule is Cc1ccc(S(=O)(=O)N2CCC[C@H]2C(=O)OCC(=O)NC2CCCc3ccccc32)cc1. The van der Waals surface area contributed by atoms with E-state index in [0.717, 1.165) is 30.4 Å². The Morgan fingerprint density at radius 3 is 2.59 bits per heavy atom. The molecule has 0 saturated carbocycles. The summed E-state index contributed by atoms with van der Waals surface area (Å²) >= 11 is 0. The second-order valence-corrected chi connectivity index (χ2v) is 10.3. The van der Waals surface area contributed by atoms with Crippen molar-refractivity contribution in [1.82, 2.24) is 9.62 Å². The molecule has 1 unspecified atom stereocenters.